The summed E-state index contributed by atoms with van der Waals surface area (Å²) in [6.45, 7) is 1.75. The Bertz CT molecular complexity index is 678. The minimum Gasteiger partial charge on any atom is -0.345 e. The molecule has 0 saturated heterocycles. The van der Waals surface area contributed by atoms with E-state index in [0.717, 1.165) is 11.8 Å². The number of halogens is 1. The first-order chi connectivity index (χ1) is 9.99. The third-order valence-corrected chi connectivity index (χ3v) is 3.03. The van der Waals surface area contributed by atoms with E-state index in [1.165, 1.54) is 6.07 Å². The Morgan fingerprint density at radius 2 is 2.24 bits per heavy atom. The Morgan fingerprint density at radius 3 is 2.86 bits per heavy atom. The van der Waals surface area contributed by atoms with E-state index in [1.807, 2.05) is 0 Å². The summed E-state index contributed by atoms with van der Waals surface area (Å²) in [4.78, 5) is 30.0. The smallest absolute Gasteiger partial charge is 0.300 e. The molecule has 1 atom stereocenters. The maximum absolute atomic E-state index is 12.2. The summed E-state index contributed by atoms with van der Waals surface area (Å²) in [6.07, 6.45) is 4.19. The summed E-state index contributed by atoms with van der Waals surface area (Å²) < 4.78 is 0. The van der Waals surface area contributed by atoms with Crippen LogP contribution in [0.1, 0.15) is 28.9 Å². The molecule has 21 heavy (non-hydrogen) atoms. The van der Waals surface area contributed by atoms with Crippen LogP contribution in [0.15, 0.2) is 36.8 Å². The van der Waals surface area contributed by atoms with Crippen LogP contribution in [0.5, 0.6) is 0 Å². The quantitative estimate of drug-likeness (QED) is 0.531. The minimum atomic E-state index is -0.674. The van der Waals surface area contributed by atoms with Crippen molar-refractivity contribution in [3.63, 3.8) is 0 Å². The Balaban J connectivity index is 2.25. The second kappa shape index (κ2) is 6.27. The standard InChI is InChI=1S/C13H11ClN4O3/c1-8(9-3-2-4-15-6-9)17-13(19)10-5-12(14)16-7-11(10)18(20)21/h2-8H,1H3,(H,17,19). The number of nitrogens with zero attached hydrogens (tertiary/aromatic N) is 3. The highest BCUT2D eigenvalue weighted by Crippen LogP contribution is 2.21. The Hall–Kier alpha value is -2.54. The van der Waals surface area contributed by atoms with Crippen LogP contribution in [0.25, 0.3) is 0 Å². The molecular formula is C13H11ClN4O3. The summed E-state index contributed by atoms with van der Waals surface area (Å²) in [5.41, 5.74) is 0.264. The largest absolute Gasteiger partial charge is 0.345 e. The lowest BCUT2D eigenvalue weighted by Gasteiger charge is -2.13. The van der Waals surface area contributed by atoms with Gasteiger partial charge in [0.2, 0.25) is 0 Å². The molecule has 7 nitrogen and oxygen atoms in total. The Labute approximate surface area is 125 Å². The van der Waals surface area contributed by atoms with E-state index < -0.39 is 16.5 Å². The summed E-state index contributed by atoms with van der Waals surface area (Å²) in [6, 6.07) is 4.36. The summed E-state index contributed by atoms with van der Waals surface area (Å²) in [5, 5.41) is 13.6. The number of carbonyl (C=O) groups is 1. The number of hydrogen-bond acceptors (Lipinski definition) is 5. The molecule has 0 spiro atoms. The van der Waals surface area contributed by atoms with Gasteiger partial charge in [-0.1, -0.05) is 17.7 Å². The highest BCUT2D eigenvalue weighted by molar-refractivity contribution is 6.29. The van der Waals surface area contributed by atoms with Gasteiger partial charge < -0.3 is 5.32 Å². The number of nitro groups is 1. The van der Waals surface area contributed by atoms with Crippen LogP contribution in [0, 0.1) is 10.1 Å². The molecule has 0 saturated carbocycles. The average Bonchev–Trinajstić information content (AvgIpc) is 2.47. The van der Waals surface area contributed by atoms with Crippen molar-refractivity contribution < 1.29 is 9.72 Å². The van der Waals surface area contributed by atoms with Crippen molar-refractivity contribution in [3.8, 4) is 0 Å². The molecule has 2 aromatic heterocycles. The summed E-state index contributed by atoms with van der Waals surface area (Å²) in [5.74, 6) is -0.595. The maximum atomic E-state index is 12.2. The van der Waals surface area contributed by atoms with Crippen LogP contribution in [-0.2, 0) is 0 Å². The molecule has 1 N–H and O–H groups in total. The fraction of sp³-hybridized carbons (Fsp3) is 0.154. The lowest BCUT2D eigenvalue weighted by Crippen LogP contribution is -2.27. The molecule has 0 radical (unpaired) electrons. The molecule has 2 aromatic rings. The zero-order chi connectivity index (χ0) is 15.4. The van der Waals surface area contributed by atoms with E-state index in [1.54, 1.807) is 31.5 Å². The molecule has 0 aliphatic carbocycles. The van der Waals surface area contributed by atoms with Gasteiger partial charge >= 0.3 is 0 Å². The molecule has 1 amide bonds. The zero-order valence-corrected chi connectivity index (χ0v) is 11.7. The van der Waals surface area contributed by atoms with E-state index in [-0.39, 0.29) is 16.8 Å². The third kappa shape index (κ3) is 3.51. The molecule has 1 unspecified atom stereocenters. The first-order valence-electron chi connectivity index (χ1n) is 5.99. The number of amides is 1. The van der Waals surface area contributed by atoms with Gasteiger partial charge in [-0.3, -0.25) is 19.9 Å². The van der Waals surface area contributed by atoms with E-state index >= 15 is 0 Å². The van der Waals surface area contributed by atoms with Crippen molar-refractivity contribution in [2.24, 2.45) is 0 Å². The van der Waals surface area contributed by atoms with E-state index in [0.29, 0.717) is 0 Å². The predicted molar refractivity (Wildman–Crippen MR) is 76.0 cm³/mol. The lowest BCUT2D eigenvalue weighted by atomic mass is 10.1. The van der Waals surface area contributed by atoms with Gasteiger partial charge in [-0.2, -0.15) is 0 Å². The van der Waals surface area contributed by atoms with Crippen LogP contribution in [0.3, 0.4) is 0 Å². The van der Waals surface area contributed by atoms with Gasteiger partial charge in [-0.15, -0.1) is 0 Å². The van der Waals surface area contributed by atoms with Gasteiger partial charge in [-0.25, -0.2) is 4.98 Å². The van der Waals surface area contributed by atoms with Crippen LogP contribution < -0.4 is 5.32 Å². The third-order valence-electron chi connectivity index (χ3n) is 2.82. The van der Waals surface area contributed by atoms with Crippen molar-refractivity contribution in [3.05, 3.63) is 63.2 Å². The second-order valence-corrected chi connectivity index (χ2v) is 4.65. The van der Waals surface area contributed by atoms with E-state index in [2.05, 4.69) is 15.3 Å². The number of carbonyl (C=O) groups excluding carboxylic acids is 1. The number of rotatable bonds is 4. The molecule has 2 rings (SSSR count). The first kappa shape index (κ1) is 14.9. The topological polar surface area (TPSA) is 98.0 Å². The maximum Gasteiger partial charge on any atom is 0.300 e. The zero-order valence-electron chi connectivity index (χ0n) is 11.0. The molecule has 0 aliphatic rings. The number of pyridine rings is 2. The van der Waals surface area contributed by atoms with Gasteiger partial charge in [0.25, 0.3) is 11.6 Å². The van der Waals surface area contributed by atoms with Crippen LogP contribution in [-0.4, -0.2) is 20.8 Å². The van der Waals surface area contributed by atoms with Crippen molar-refractivity contribution in [1.82, 2.24) is 15.3 Å². The van der Waals surface area contributed by atoms with Gasteiger partial charge in [0, 0.05) is 12.4 Å². The minimum absolute atomic E-state index is 0.0137. The number of hydrogen-bond donors (Lipinski definition) is 1. The highest BCUT2D eigenvalue weighted by Gasteiger charge is 2.22. The SMILES string of the molecule is CC(NC(=O)c1cc(Cl)ncc1[N+](=O)[O-])c1cccnc1. The Morgan fingerprint density at radius 1 is 1.48 bits per heavy atom. The lowest BCUT2D eigenvalue weighted by molar-refractivity contribution is -0.385. The van der Waals surface area contributed by atoms with Crippen LogP contribution in [0.2, 0.25) is 5.15 Å². The Kier molecular flexibility index (Phi) is 4.44. The average molecular weight is 307 g/mol. The number of aromatic nitrogens is 2. The molecule has 8 heteroatoms. The predicted octanol–water partition coefficient (Wildman–Crippen LogP) is 2.53. The monoisotopic (exact) mass is 306 g/mol. The first-order valence-corrected chi connectivity index (χ1v) is 6.37. The number of nitrogens with one attached hydrogen (secondary N) is 1. The fourth-order valence-electron chi connectivity index (χ4n) is 1.74. The summed E-state index contributed by atoms with van der Waals surface area (Å²) >= 11 is 5.70. The van der Waals surface area contributed by atoms with E-state index in [9.17, 15) is 14.9 Å². The molecule has 0 fully saturated rings. The molecular weight excluding hydrogens is 296 g/mol. The van der Waals surface area contributed by atoms with Crippen molar-refractivity contribution in [2.75, 3.05) is 0 Å². The molecule has 0 bridgehead atoms. The second-order valence-electron chi connectivity index (χ2n) is 4.26. The summed E-state index contributed by atoms with van der Waals surface area (Å²) in [7, 11) is 0. The van der Waals surface area contributed by atoms with Crippen molar-refractivity contribution >= 4 is 23.2 Å². The molecule has 108 valence electrons. The van der Waals surface area contributed by atoms with Crippen LogP contribution in [0.4, 0.5) is 5.69 Å². The highest BCUT2D eigenvalue weighted by atomic mass is 35.5. The van der Waals surface area contributed by atoms with Crippen molar-refractivity contribution in [2.45, 2.75) is 13.0 Å². The fourth-order valence-corrected chi connectivity index (χ4v) is 1.90. The van der Waals surface area contributed by atoms with E-state index in [4.69, 9.17) is 11.6 Å². The molecule has 0 aliphatic heterocycles. The van der Waals surface area contributed by atoms with Gasteiger partial charge in [0.15, 0.2) is 0 Å². The molecule has 2 heterocycles. The van der Waals surface area contributed by atoms with Gasteiger partial charge in [0.1, 0.15) is 16.9 Å². The van der Waals surface area contributed by atoms with Crippen LogP contribution >= 0.6 is 11.6 Å². The molecule has 0 aromatic carbocycles. The van der Waals surface area contributed by atoms with Gasteiger partial charge in [0.05, 0.1) is 11.0 Å². The van der Waals surface area contributed by atoms with Gasteiger partial charge in [-0.05, 0) is 24.6 Å². The normalized spacial score (nSPS) is 11.7. The van der Waals surface area contributed by atoms with Crippen molar-refractivity contribution in [1.29, 1.82) is 0 Å².